The normalized spacial score (nSPS) is 11.6. The maximum atomic E-state index is 6.52. The Labute approximate surface area is 324 Å². The summed E-state index contributed by atoms with van der Waals surface area (Å²) in [7, 11) is 0. The summed E-state index contributed by atoms with van der Waals surface area (Å²) in [5.74, 6) is 0. The first-order chi connectivity index (χ1) is 27.8. The molecule has 0 bridgehead atoms. The number of aromatic nitrogens is 1. The van der Waals surface area contributed by atoms with Crippen LogP contribution in [0.5, 0.6) is 0 Å². The number of hydrogen-bond donors (Lipinski definition) is 0. The van der Waals surface area contributed by atoms with E-state index in [0.717, 1.165) is 72.7 Å². The fourth-order valence-corrected chi connectivity index (χ4v) is 8.40. The minimum Gasteiger partial charge on any atom is -0.455 e. The third-order valence-electron chi connectivity index (χ3n) is 10.9. The number of fused-ring (bicyclic) bond motifs is 8. The van der Waals surface area contributed by atoms with Gasteiger partial charge in [-0.05, 0) is 102 Å². The van der Waals surface area contributed by atoms with E-state index in [2.05, 4.69) is 227 Å². The molecular formula is C52H35N3O. The van der Waals surface area contributed by atoms with E-state index in [0.29, 0.717) is 0 Å². The Morgan fingerprint density at radius 3 is 1.59 bits per heavy atom. The van der Waals surface area contributed by atoms with Crippen molar-refractivity contribution in [2.24, 2.45) is 0 Å². The molecule has 0 aliphatic rings. The zero-order valence-corrected chi connectivity index (χ0v) is 30.5. The summed E-state index contributed by atoms with van der Waals surface area (Å²) in [6.07, 6.45) is 0. The molecule has 0 saturated heterocycles. The number of nitrogens with zero attached hydrogens (tertiary/aromatic N) is 3. The average molecular weight is 718 g/mol. The van der Waals surface area contributed by atoms with E-state index >= 15 is 0 Å². The molecule has 56 heavy (non-hydrogen) atoms. The smallest absolute Gasteiger partial charge is 0.143 e. The molecule has 11 aromatic rings. The van der Waals surface area contributed by atoms with Crippen molar-refractivity contribution in [3.05, 3.63) is 212 Å². The predicted octanol–water partition coefficient (Wildman–Crippen LogP) is 14.8. The van der Waals surface area contributed by atoms with Crippen molar-refractivity contribution < 1.29 is 4.42 Å². The lowest BCUT2D eigenvalue weighted by atomic mass is 10.1. The van der Waals surface area contributed by atoms with Crippen LogP contribution in [0, 0.1) is 0 Å². The summed E-state index contributed by atoms with van der Waals surface area (Å²) in [6.45, 7) is 0. The summed E-state index contributed by atoms with van der Waals surface area (Å²) in [5, 5.41) is 6.96. The highest BCUT2D eigenvalue weighted by atomic mass is 16.3. The molecule has 0 N–H and O–H groups in total. The lowest BCUT2D eigenvalue weighted by Crippen LogP contribution is -2.13. The maximum absolute atomic E-state index is 6.52. The SMILES string of the molecule is c1ccc(N(c2cccc(N(c3ccccc3)c3ccc4c5ccccc5n(-c5ccccc5)c4c3)c2)c2ccc3oc4c5ccccc5ccc4c3c2)cc1. The second-order valence-corrected chi connectivity index (χ2v) is 14.2. The molecule has 264 valence electrons. The Bertz CT molecular complexity index is 3200. The van der Waals surface area contributed by atoms with Crippen LogP contribution in [0.1, 0.15) is 0 Å². The molecule has 2 heterocycles. The summed E-state index contributed by atoms with van der Waals surface area (Å²) in [4.78, 5) is 4.69. The zero-order valence-electron chi connectivity index (χ0n) is 30.5. The van der Waals surface area contributed by atoms with Gasteiger partial charge in [-0.25, -0.2) is 0 Å². The second-order valence-electron chi connectivity index (χ2n) is 14.2. The van der Waals surface area contributed by atoms with Crippen molar-refractivity contribution in [1.29, 1.82) is 0 Å². The maximum Gasteiger partial charge on any atom is 0.143 e. The van der Waals surface area contributed by atoms with Gasteiger partial charge in [-0.15, -0.1) is 0 Å². The van der Waals surface area contributed by atoms with E-state index in [9.17, 15) is 0 Å². The standard InChI is InChI=1S/C52H35N3O/c1-4-16-37(17-5-1)53(42-29-32-51-48(34-42)47-30-27-36-15-10-11-24-44(36)52(47)56-51)40-22-14-23-41(33-40)54(38-18-6-2-7-19-38)43-28-31-46-45-25-12-13-26-49(45)55(50(46)35-43)39-20-8-3-9-21-39/h1-35H. The van der Waals surface area contributed by atoms with E-state index in [1.165, 1.54) is 21.7 Å². The monoisotopic (exact) mass is 717 g/mol. The molecule has 0 atom stereocenters. The van der Waals surface area contributed by atoms with Gasteiger partial charge in [0.15, 0.2) is 0 Å². The third kappa shape index (κ3) is 5.23. The van der Waals surface area contributed by atoms with Gasteiger partial charge >= 0.3 is 0 Å². The van der Waals surface area contributed by atoms with Crippen LogP contribution in [0.25, 0.3) is 60.2 Å². The Balaban J connectivity index is 1.09. The van der Waals surface area contributed by atoms with Crippen LogP contribution in [0.3, 0.4) is 0 Å². The van der Waals surface area contributed by atoms with Crippen molar-refractivity contribution in [1.82, 2.24) is 4.57 Å². The van der Waals surface area contributed by atoms with Crippen molar-refractivity contribution >= 4 is 88.6 Å². The van der Waals surface area contributed by atoms with Gasteiger partial charge in [0, 0.05) is 66.7 Å². The van der Waals surface area contributed by atoms with Gasteiger partial charge in [0.25, 0.3) is 0 Å². The summed E-state index contributed by atoms with van der Waals surface area (Å²) in [6, 6.07) is 75.6. The van der Waals surface area contributed by atoms with Crippen LogP contribution in [-0.4, -0.2) is 4.57 Å². The van der Waals surface area contributed by atoms with Gasteiger partial charge in [0.1, 0.15) is 11.2 Å². The fourth-order valence-electron chi connectivity index (χ4n) is 8.40. The van der Waals surface area contributed by atoms with Crippen LogP contribution in [0.4, 0.5) is 34.1 Å². The Hall–Kier alpha value is -7.56. The molecule has 9 aromatic carbocycles. The molecule has 0 saturated carbocycles. The molecule has 0 spiro atoms. The minimum absolute atomic E-state index is 0.875. The number of rotatable bonds is 7. The third-order valence-corrected chi connectivity index (χ3v) is 10.9. The van der Waals surface area contributed by atoms with Gasteiger partial charge in [-0.3, -0.25) is 0 Å². The molecule has 0 aliphatic carbocycles. The summed E-state index contributed by atoms with van der Waals surface area (Å²) >= 11 is 0. The molecule has 0 radical (unpaired) electrons. The largest absolute Gasteiger partial charge is 0.455 e. The van der Waals surface area contributed by atoms with Crippen molar-refractivity contribution in [2.75, 3.05) is 9.80 Å². The first kappa shape index (κ1) is 31.9. The van der Waals surface area contributed by atoms with E-state index < -0.39 is 0 Å². The van der Waals surface area contributed by atoms with Gasteiger partial charge in [0.2, 0.25) is 0 Å². The van der Waals surface area contributed by atoms with Crippen molar-refractivity contribution in [2.45, 2.75) is 0 Å². The van der Waals surface area contributed by atoms with Crippen LogP contribution in [0.15, 0.2) is 217 Å². The lowest BCUT2D eigenvalue weighted by Gasteiger charge is -2.29. The predicted molar refractivity (Wildman–Crippen MR) is 235 cm³/mol. The topological polar surface area (TPSA) is 24.6 Å². The number of para-hydroxylation sites is 4. The molecule has 4 heteroatoms. The van der Waals surface area contributed by atoms with Gasteiger partial charge < -0.3 is 18.8 Å². The highest BCUT2D eigenvalue weighted by Gasteiger charge is 2.21. The average Bonchev–Trinajstić information content (AvgIpc) is 3.81. The molecule has 0 unspecified atom stereocenters. The van der Waals surface area contributed by atoms with E-state index in [1.54, 1.807) is 0 Å². The number of furan rings is 1. The van der Waals surface area contributed by atoms with E-state index in [4.69, 9.17) is 4.42 Å². The van der Waals surface area contributed by atoms with Crippen molar-refractivity contribution in [3.63, 3.8) is 0 Å². The highest BCUT2D eigenvalue weighted by Crippen LogP contribution is 2.44. The zero-order chi connectivity index (χ0) is 37.0. The first-order valence-electron chi connectivity index (χ1n) is 19.0. The fraction of sp³-hybridized carbons (Fsp3) is 0. The van der Waals surface area contributed by atoms with Crippen LogP contribution >= 0.6 is 0 Å². The highest BCUT2D eigenvalue weighted by molar-refractivity contribution is 6.16. The lowest BCUT2D eigenvalue weighted by molar-refractivity contribution is 0.672. The van der Waals surface area contributed by atoms with Crippen LogP contribution in [0.2, 0.25) is 0 Å². The van der Waals surface area contributed by atoms with Crippen LogP contribution in [-0.2, 0) is 0 Å². The molecule has 4 nitrogen and oxygen atoms in total. The van der Waals surface area contributed by atoms with Gasteiger partial charge in [-0.2, -0.15) is 0 Å². The molecule has 0 amide bonds. The van der Waals surface area contributed by atoms with Crippen molar-refractivity contribution in [3.8, 4) is 5.69 Å². The number of benzene rings is 9. The molecule has 11 rings (SSSR count). The summed E-state index contributed by atoms with van der Waals surface area (Å²) < 4.78 is 8.90. The second kappa shape index (κ2) is 13.1. The molecule has 0 fully saturated rings. The van der Waals surface area contributed by atoms with Gasteiger partial charge in [-0.1, -0.05) is 115 Å². The Morgan fingerprint density at radius 2 is 0.857 bits per heavy atom. The molecule has 0 aliphatic heterocycles. The first-order valence-corrected chi connectivity index (χ1v) is 19.0. The molecule has 2 aromatic heterocycles. The Morgan fingerprint density at radius 1 is 0.321 bits per heavy atom. The summed E-state index contributed by atoms with van der Waals surface area (Å²) in [5.41, 5.74) is 11.7. The number of hydrogen-bond acceptors (Lipinski definition) is 3. The van der Waals surface area contributed by atoms with E-state index in [1.807, 2.05) is 0 Å². The Kier molecular flexibility index (Phi) is 7.46. The van der Waals surface area contributed by atoms with E-state index in [-0.39, 0.29) is 0 Å². The van der Waals surface area contributed by atoms with Gasteiger partial charge in [0.05, 0.1) is 11.0 Å². The molecular weight excluding hydrogens is 683 g/mol. The quantitative estimate of drug-likeness (QED) is 0.164. The van der Waals surface area contributed by atoms with Crippen LogP contribution < -0.4 is 9.80 Å². The number of anilines is 6. The minimum atomic E-state index is 0.875.